The van der Waals surface area contributed by atoms with Crippen LogP contribution in [0.5, 0.6) is 0 Å². The minimum absolute atomic E-state index is 0.00224. The van der Waals surface area contributed by atoms with Crippen molar-refractivity contribution in [3.05, 3.63) is 35.4 Å². The highest BCUT2D eigenvalue weighted by molar-refractivity contribution is 5.29. The molecule has 1 aromatic carbocycles. The van der Waals surface area contributed by atoms with Gasteiger partial charge in [0.05, 0.1) is 5.60 Å². The number of hydrogen-bond acceptors (Lipinski definition) is 1. The van der Waals surface area contributed by atoms with Gasteiger partial charge in [-0.05, 0) is 37.2 Å². The number of aliphatic hydroxyl groups is 1. The Morgan fingerprint density at radius 2 is 1.67 bits per heavy atom. The number of hydrogen-bond donors (Lipinski definition) is 1. The van der Waals surface area contributed by atoms with E-state index in [1.807, 2.05) is 0 Å². The fraction of sp³-hybridized carbons (Fsp3) is 0.571. The van der Waals surface area contributed by atoms with Crippen LogP contribution >= 0.6 is 0 Å². The van der Waals surface area contributed by atoms with Crippen molar-refractivity contribution in [2.45, 2.75) is 45.6 Å². The van der Waals surface area contributed by atoms with Crippen molar-refractivity contribution in [3.63, 3.8) is 0 Å². The third-order valence-corrected chi connectivity index (χ3v) is 3.99. The molecule has 1 nitrogen and oxygen atoms in total. The summed E-state index contributed by atoms with van der Waals surface area (Å²) in [6.07, 6.45) is 3.12. The summed E-state index contributed by atoms with van der Waals surface area (Å²) in [4.78, 5) is 0. The van der Waals surface area contributed by atoms with Crippen molar-refractivity contribution in [1.82, 2.24) is 0 Å². The van der Waals surface area contributed by atoms with Crippen LogP contribution in [-0.4, -0.2) is 5.11 Å². The van der Waals surface area contributed by atoms with E-state index in [1.54, 1.807) is 0 Å². The predicted octanol–water partition coefficient (Wildman–Crippen LogP) is 3.39. The summed E-state index contributed by atoms with van der Waals surface area (Å²) in [5.41, 5.74) is 1.71. The smallest absolute Gasteiger partial charge is 0.0947 e. The van der Waals surface area contributed by atoms with Gasteiger partial charge in [0.15, 0.2) is 0 Å². The average Bonchev–Trinajstić information content (AvgIpc) is 2.43. The lowest BCUT2D eigenvalue weighted by Crippen LogP contribution is -2.36. The number of benzene rings is 1. The lowest BCUT2D eigenvalue weighted by molar-refractivity contribution is -0.0485. The molecule has 0 saturated heterocycles. The maximum atomic E-state index is 10.8. The summed E-state index contributed by atoms with van der Waals surface area (Å²) < 4.78 is 0. The maximum Gasteiger partial charge on any atom is 0.0947 e. The van der Waals surface area contributed by atoms with Crippen LogP contribution in [0.2, 0.25) is 0 Å². The lowest BCUT2D eigenvalue weighted by atomic mass is 9.73. The van der Waals surface area contributed by atoms with Crippen molar-refractivity contribution >= 4 is 0 Å². The SMILES string of the molecule is Cc1ccc(C2(O)CCCC2(C)C)cc1. The van der Waals surface area contributed by atoms with E-state index in [9.17, 15) is 5.11 Å². The van der Waals surface area contributed by atoms with Crippen molar-refractivity contribution in [2.75, 3.05) is 0 Å². The molecule has 0 heterocycles. The van der Waals surface area contributed by atoms with E-state index in [2.05, 4.69) is 45.0 Å². The quantitative estimate of drug-likeness (QED) is 0.743. The molecule has 15 heavy (non-hydrogen) atoms. The topological polar surface area (TPSA) is 20.2 Å². The average molecular weight is 204 g/mol. The first-order chi connectivity index (χ1) is 6.96. The summed E-state index contributed by atoms with van der Waals surface area (Å²) in [6, 6.07) is 8.31. The zero-order valence-electron chi connectivity index (χ0n) is 9.88. The second-order valence-corrected chi connectivity index (χ2v) is 5.46. The lowest BCUT2D eigenvalue weighted by Gasteiger charge is -2.37. The Labute approximate surface area is 92.1 Å². The highest BCUT2D eigenvalue weighted by Crippen LogP contribution is 2.52. The van der Waals surface area contributed by atoms with Crippen molar-refractivity contribution in [3.8, 4) is 0 Å². The Hall–Kier alpha value is -0.820. The molecule has 1 heteroatoms. The monoisotopic (exact) mass is 204 g/mol. The third-order valence-electron chi connectivity index (χ3n) is 3.99. The first-order valence-corrected chi connectivity index (χ1v) is 5.75. The fourth-order valence-corrected chi connectivity index (χ4v) is 2.70. The van der Waals surface area contributed by atoms with Gasteiger partial charge in [0.25, 0.3) is 0 Å². The third kappa shape index (κ3) is 1.59. The van der Waals surface area contributed by atoms with Gasteiger partial charge in [0.1, 0.15) is 0 Å². The molecule has 1 aliphatic rings. The van der Waals surface area contributed by atoms with Crippen LogP contribution in [-0.2, 0) is 5.60 Å². The molecule has 0 radical (unpaired) electrons. The predicted molar refractivity (Wildman–Crippen MR) is 62.7 cm³/mol. The Balaban J connectivity index is 2.41. The Morgan fingerprint density at radius 3 is 2.13 bits per heavy atom. The summed E-state index contributed by atoms with van der Waals surface area (Å²) in [7, 11) is 0. The van der Waals surface area contributed by atoms with E-state index < -0.39 is 5.60 Å². The molecule has 0 aromatic heterocycles. The number of aryl methyl sites for hydroxylation is 1. The van der Waals surface area contributed by atoms with E-state index in [4.69, 9.17) is 0 Å². The molecular formula is C14H20O. The molecule has 82 valence electrons. The van der Waals surface area contributed by atoms with Gasteiger partial charge in [0.2, 0.25) is 0 Å². The van der Waals surface area contributed by atoms with E-state index in [-0.39, 0.29) is 5.41 Å². The molecule has 0 aliphatic heterocycles. The van der Waals surface area contributed by atoms with Gasteiger partial charge in [-0.25, -0.2) is 0 Å². The minimum atomic E-state index is -0.624. The van der Waals surface area contributed by atoms with E-state index in [1.165, 1.54) is 5.56 Å². The highest BCUT2D eigenvalue weighted by atomic mass is 16.3. The maximum absolute atomic E-state index is 10.8. The summed E-state index contributed by atoms with van der Waals surface area (Å²) in [6.45, 7) is 6.41. The van der Waals surface area contributed by atoms with Gasteiger partial charge in [-0.1, -0.05) is 43.7 Å². The van der Waals surface area contributed by atoms with Gasteiger partial charge in [0, 0.05) is 0 Å². The van der Waals surface area contributed by atoms with Crippen LogP contribution in [0.1, 0.15) is 44.2 Å². The van der Waals surface area contributed by atoms with Crippen LogP contribution in [0.3, 0.4) is 0 Å². The van der Waals surface area contributed by atoms with E-state index in [0.29, 0.717) is 0 Å². The van der Waals surface area contributed by atoms with Gasteiger partial charge in [-0.15, -0.1) is 0 Å². The standard InChI is InChI=1S/C14H20O/c1-11-5-7-12(8-6-11)14(15)10-4-9-13(14,2)3/h5-8,15H,4,9-10H2,1-3H3. The summed E-state index contributed by atoms with van der Waals surface area (Å²) in [5.74, 6) is 0. The molecule has 0 amide bonds. The van der Waals surface area contributed by atoms with Gasteiger partial charge < -0.3 is 5.11 Å². The molecule has 1 atom stereocenters. The molecule has 1 aliphatic carbocycles. The van der Waals surface area contributed by atoms with E-state index in [0.717, 1.165) is 24.8 Å². The van der Waals surface area contributed by atoms with Crippen LogP contribution in [0, 0.1) is 12.3 Å². The van der Waals surface area contributed by atoms with Gasteiger partial charge >= 0.3 is 0 Å². The summed E-state index contributed by atoms with van der Waals surface area (Å²) >= 11 is 0. The molecule has 1 saturated carbocycles. The first-order valence-electron chi connectivity index (χ1n) is 5.75. The second kappa shape index (κ2) is 3.34. The van der Waals surface area contributed by atoms with E-state index >= 15 is 0 Å². The molecule has 1 fully saturated rings. The van der Waals surface area contributed by atoms with Gasteiger partial charge in [-0.2, -0.15) is 0 Å². The molecule has 1 aromatic rings. The zero-order chi connectivity index (χ0) is 11.1. The normalized spacial score (nSPS) is 29.3. The fourth-order valence-electron chi connectivity index (χ4n) is 2.70. The molecule has 0 bridgehead atoms. The second-order valence-electron chi connectivity index (χ2n) is 5.46. The Bertz CT molecular complexity index is 350. The van der Waals surface area contributed by atoms with Crippen LogP contribution in [0.25, 0.3) is 0 Å². The first kappa shape index (κ1) is 10.7. The molecule has 1 N–H and O–H groups in total. The minimum Gasteiger partial charge on any atom is -0.385 e. The van der Waals surface area contributed by atoms with Crippen LogP contribution in [0.4, 0.5) is 0 Å². The number of rotatable bonds is 1. The molecule has 2 rings (SSSR count). The zero-order valence-corrected chi connectivity index (χ0v) is 9.88. The molecule has 1 unspecified atom stereocenters. The van der Waals surface area contributed by atoms with Gasteiger partial charge in [-0.3, -0.25) is 0 Å². The van der Waals surface area contributed by atoms with Crippen LogP contribution in [0.15, 0.2) is 24.3 Å². The summed E-state index contributed by atoms with van der Waals surface area (Å²) in [5, 5.41) is 10.8. The van der Waals surface area contributed by atoms with Crippen LogP contribution < -0.4 is 0 Å². The van der Waals surface area contributed by atoms with Crippen molar-refractivity contribution in [2.24, 2.45) is 5.41 Å². The largest absolute Gasteiger partial charge is 0.385 e. The Morgan fingerprint density at radius 1 is 1.07 bits per heavy atom. The molecular weight excluding hydrogens is 184 g/mol. The van der Waals surface area contributed by atoms with Crippen molar-refractivity contribution < 1.29 is 5.11 Å². The molecule has 0 spiro atoms. The van der Waals surface area contributed by atoms with Crippen molar-refractivity contribution in [1.29, 1.82) is 0 Å². The Kier molecular flexibility index (Phi) is 2.38. The highest BCUT2D eigenvalue weighted by Gasteiger charge is 2.48.